The van der Waals surface area contributed by atoms with Gasteiger partial charge in [0, 0.05) is 6.08 Å². The molecule has 0 aliphatic heterocycles. The maximum atomic E-state index is 11.7. The zero-order chi connectivity index (χ0) is 11.5. The van der Waals surface area contributed by atoms with Gasteiger partial charge in [-0.15, -0.1) is 0 Å². The van der Waals surface area contributed by atoms with Crippen molar-refractivity contribution in [3.05, 3.63) is 69.9 Å². The van der Waals surface area contributed by atoms with Crippen LogP contribution in [0.5, 0.6) is 0 Å². The molecule has 1 aromatic carbocycles. The molecule has 0 saturated carbocycles. The Hall–Kier alpha value is -2.23. The standard InChI is InChI=1S/C12H9NO3/c14-11-8-4-7-10(13(15)16)12(11)9-5-2-1-3-6-9/h1-8,12H. The van der Waals surface area contributed by atoms with Crippen LogP contribution in [-0.4, -0.2) is 10.7 Å². The quantitative estimate of drug-likeness (QED) is 0.560. The summed E-state index contributed by atoms with van der Waals surface area (Å²) in [6, 6.07) is 8.78. The average molecular weight is 215 g/mol. The largest absolute Gasteiger partial charge is 0.294 e. The van der Waals surface area contributed by atoms with Crippen LogP contribution in [0.25, 0.3) is 0 Å². The van der Waals surface area contributed by atoms with Crippen LogP contribution in [0.15, 0.2) is 54.3 Å². The van der Waals surface area contributed by atoms with Gasteiger partial charge in [0.15, 0.2) is 5.78 Å². The van der Waals surface area contributed by atoms with Crippen LogP contribution in [0.4, 0.5) is 0 Å². The summed E-state index contributed by atoms with van der Waals surface area (Å²) in [4.78, 5) is 22.0. The van der Waals surface area contributed by atoms with Gasteiger partial charge in [-0.3, -0.25) is 14.9 Å². The number of carbonyl (C=O) groups excluding carboxylic acids is 1. The minimum absolute atomic E-state index is 0.0706. The number of allylic oxidation sites excluding steroid dienone is 4. The van der Waals surface area contributed by atoms with Gasteiger partial charge in [0.1, 0.15) is 5.92 Å². The Bertz CT molecular complexity index is 488. The number of carbonyl (C=O) groups is 1. The number of nitrogens with zero attached hydrogens (tertiary/aromatic N) is 1. The number of ketones is 1. The van der Waals surface area contributed by atoms with E-state index in [-0.39, 0.29) is 11.5 Å². The van der Waals surface area contributed by atoms with E-state index >= 15 is 0 Å². The molecule has 0 bridgehead atoms. The van der Waals surface area contributed by atoms with Crippen molar-refractivity contribution in [1.82, 2.24) is 0 Å². The summed E-state index contributed by atoms with van der Waals surface area (Å²) >= 11 is 0. The Morgan fingerprint density at radius 1 is 1.19 bits per heavy atom. The van der Waals surface area contributed by atoms with Gasteiger partial charge in [-0.2, -0.15) is 0 Å². The first kappa shape index (κ1) is 10.3. The summed E-state index contributed by atoms with van der Waals surface area (Å²) < 4.78 is 0. The second-order valence-corrected chi connectivity index (χ2v) is 3.45. The zero-order valence-electron chi connectivity index (χ0n) is 8.37. The van der Waals surface area contributed by atoms with E-state index in [1.165, 1.54) is 18.2 Å². The van der Waals surface area contributed by atoms with E-state index in [0.29, 0.717) is 5.56 Å². The molecule has 16 heavy (non-hydrogen) atoms. The van der Waals surface area contributed by atoms with Crippen LogP contribution in [0.1, 0.15) is 11.5 Å². The van der Waals surface area contributed by atoms with Gasteiger partial charge in [-0.05, 0) is 11.6 Å². The highest BCUT2D eigenvalue weighted by molar-refractivity contribution is 5.98. The summed E-state index contributed by atoms with van der Waals surface area (Å²) in [6.45, 7) is 0. The molecule has 2 rings (SSSR count). The molecule has 0 fully saturated rings. The lowest BCUT2D eigenvalue weighted by molar-refractivity contribution is -0.428. The van der Waals surface area contributed by atoms with Crippen molar-refractivity contribution in [3.8, 4) is 0 Å². The fourth-order valence-corrected chi connectivity index (χ4v) is 1.73. The third-order valence-electron chi connectivity index (χ3n) is 2.45. The van der Waals surface area contributed by atoms with Crippen LogP contribution in [-0.2, 0) is 4.79 Å². The van der Waals surface area contributed by atoms with Crippen molar-refractivity contribution in [2.75, 3.05) is 0 Å². The maximum absolute atomic E-state index is 11.7. The maximum Gasteiger partial charge on any atom is 0.261 e. The molecule has 0 saturated heterocycles. The van der Waals surface area contributed by atoms with Gasteiger partial charge in [0.05, 0.1) is 4.92 Å². The smallest absolute Gasteiger partial charge is 0.261 e. The van der Waals surface area contributed by atoms with E-state index in [0.717, 1.165) is 0 Å². The van der Waals surface area contributed by atoms with Gasteiger partial charge in [-0.25, -0.2) is 0 Å². The third-order valence-corrected chi connectivity index (χ3v) is 2.45. The Labute approximate surface area is 92.1 Å². The van der Waals surface area contributed by atoms with E-state index in [1.54, 1.807) is 24.3 Å². The highest BCUT2D eigenvalue weighted by Gasteiger charge is 2.32. The van der Waals surface area contributed by atoms with Crippen molar-refractivity contribution in [1.29, 1.82) is 0 Å². The molecule has 4 nitrogen and oxygen atoms in total. The van der Waals surface area contributed by atoms with Crippen LogP contribution >= 0.6 is 0 Å². The summed E-state index contributed by atoms with van der Waals surface area (Å²) in [7, 11) is 0. The lowest BCUT2D eigenvalue weighted by Gasteiger charge is -2.13. The number of nitro groups is 1. The minimum Gasteiger partial charge on any atom is -0.294 e. The lowest BCUT2D eigenvalue weighted by Crippen LogP contribution is -2.20. The molecule has 1 aromatic rings. The molecule has 0 heterocycles. The monoisotopic (exact) mass is 215 g/mol. The minimum atomic E-state index is -0.777. The van der Waals surface area contributed by atoms with Crippen LogP contribution in [0.2, 0.25) is 0 Å². The van der Waals surface area contributed by atoms with Crippen LogP contribution in [0.3, 0.4) is 0 Å². The number of hydrogen-bond acceptors (Lipinski definition) is 3. The van der Waals surface area contributed by atoms with E-state index in [1.807, 2.05) is 6.07 Å². The summed E-state index contributed by atoms with van der Waals surface area (Å²) in [5.41, 5.74) is 0.582. The molecule has 0 spiro atoms. The molecule has 1 atom stereocenters. The van der Waals surface area contributed by atoms with E-state index in [9.17, 15) is 14.9 Å². The number of hydrogen-bond donors (Lipinski definition) is 0. The molecule has 4 heteroatoms. The van der Waals surface area contributed by atoms with Gasteiger partial charge in [0.2, 0.25) is 0 Å². The zero-order valence-corrected chi connectivity index (χ0v) is 8.37. The van der Waals surface area contributed by atoms with Crippen molar-refractivity contribution >= 4 is 5.78 Å². The van der Waals surface area contributed by atoms with Crippen molar-refractivity contribution in [2.24, 2.45) is 0 Å². The van der Waals surface area contributed by atoms with Crippen molar-refractivity contribution in [2.45, 2.75) is 5.92 Å². The lowest BCUT2D eigenvalue weighted by atomic mass is 9.88. The normalized spacial score (nSPS) is 19.4. The number of rotatable bonds is 2. The molecule has 0 N–H and O–H groups in total. The molecule has 1 aliphatic carbocycles. The van der Waals surface area contributed by atoms with Gasteiger partial charge in [-0.1, -0.05) is 36.4 Å². The van der Waals surface area contributed by atoms with Crippen LogP contribution < -0.4 is 0 Å². The molecule has 0 amide bonds. The molecular formula is C12H9NO3. The fraction of sp³-hybridized carbons (Fsp3) is 0.0833. The van der Waals surface area contributed by atoms with Crippen molar-refractivity contribution < 1.29 is 9.72 Å². The van der Waals surface area contributed by atoms with Gasteiger partial charge < -0.3 is 0 Å². The van der Waals surface area contributed by atoms with E-state index in [2.05, 4.69) is 0 Å². The molecule has 1 aliphatic rings. The molecule has 0 radical (unpaired) electrons. The SMILES string of the molecule is O=C1C=CC=C([N+](=O)[O-])C1c1ccccc1. The predicted molar refractivity (Wildman–Crippen MR) is 58.4 cm³/mol. The average Bonchev–Trinajstić information content (AvgIpc) is 2.29. The van der Waals surface area contributed by atoms with Gasteiger partial charge >= 0.3 is 0 Å². The topological polar surface area (TPSA) is 60.2 Å². The first-order chi connectivity index (χ1) is 7.70. The fourth-order valence-electron chi connectivity index (χ4n) is 1.73. The molecule has 80 valence electrons. The Morgan fingerprint density at radius 2 is 1.88 bits per heavy atom. The molecule has 1 unspecified atom stereocenters. The Kier molecular flexibility index (Phi) is 2.64. The van der Waals surface area contributed by atoms with E-state index < -0.39 is 10.8 Å². The summed E-state index contributed by atoms with van der Waals surface area (Å²) in [5, 5.41) is 10.8. The number of benzene rings is 1. The first-order valence-corrected chi connectivity index (χ1v) is 4.81. The highest BCUT2D eigenvalue weighted by atomic mass is 16.6. The second-order valence-electron chi connectivity index (χ2n) is 3.45. The second kappa shape index (κ2) is 4.10. The summed E-state index contributed by atoms with van der Waals surface area (Å²) in [5.74, 6) is -1.03. The first-order valence-electron chi connectivity index (χ1n) is 4.81. The Balaban J connectivity index is 2.46. The predicted octanol–water partition coefficient (Wildman–Crippen LogP) is 2.07. The van der Waals surface area contributed by atoms with E-state index in [4.69, 9.17) is 0 Å². The highest BCUT2D eigenvalue weighted by Crippen LogP contribution is 2.28. The van der Waals surface area contributed by atoms with Crippen LogP contribution in [0, 0.1) is 10.1 Å². The summed E-state index contributed by atoms with van der Waals surface area (Å²) in [6.07, 6.45) is 4.16. The third kappa shape index (κ3) is 1.77. The van der Waals surface area contributed by atoms with Crippen molar-refractivity contribution in [3.63, 3.8) is 0 Å². The molecular weight excluding hydrogens is 206 g/mol. The van der Waals surface area contributed by atoms with Gasteiger partial charge in [0.25, 0.3) is 5.70 Å². The molecule has 0 aromatic heterocycles. The Morgan fingerprint density at radius 3 is 2.50 bits per heavy atom.